The van der Waals surface area contributed by atoms with Gasteiger partial charge in [-0.25, -0.2) is 0 Å². The Bertz CT molecular complexity index is 512. The van der Waals surface area contributed by atoms with Crippen LogP contribution in [0.5, 0.6) is 0 Å². The van der Waals surface area contributed by atoms with Crippen LogP contribution < -0.4 is 16.6 Å². The lowest BCUT2D eigenvalue weighted by molar-refractivity contribution is -0.114. The van der Waals surface area contributed by atoms with E-state index in [1.807, 2.05) is 0 Å². The number of nitrogen functional groups attached to an aromatic ring is 1. The monoisotopic (exact) mass is 245 g/mol. The number of carbonyl (C=O) groups is 1. The number of hydrogen-bond acceptors (Lipinski definition) is 5. The van der Waals surface area contributed by atoms with Gasteiger partial charge in [-0.1, -0.05) is 0 Å². The van der Waals surface area contributed by atoms with Crippen molar-refractivity contribution in [2.24, 2.45) is 5.84 Å². The van der Waals surface area contributed by atoms with E-state index in [1.54, 1.807) is 0 Å². The van der Waals surface area contributed by atoms with Crippen molar-refractivity contribution in [2.45, 2.75) is 11.8 Å². The second-order valence-electron chi connectivity index (χ2n) is 3.01. The normalized spacial score (nSPS) is 10.9. The number of benzene rings is 1. The zero-order valence-electron chi connectivity index (χ0n) is 8.39. The first kappa shape index (κ1) is 12.4. The average Bonchev–Trinajstić information content (AvgIpc) is 2.14. The summed E-state index contributed by atoms with van der Waals surface area (Å²) in [5, 5.41) is 2.45. The van der Waals surface area contributed by atoms with Gasteiger partial charge in [0.25, 0.3) is 10.1 Å². The van der Waals surface area contributed by atoms with Crippen molar-refractivity contribution in [2.75, 3.05) is 10.7 Å². The van der Waals surface area contributed by atoms with Crippen LogP contribution >= 0.6 is 0 Å². The molecule has 0 fully saturated rings. The van der Waals surface area contributed by atoms with E-state index in [0.717, 1.165) is 6.07 Å². The Morgan fingerprint density at radius 2 is 2.06 bits per heavy atom. The molecule has 5 N–H and O–H groups in total. The van der Waals surface area contributed by atoms with Crippen LogP contribution in [0.3, 0.4) is 0 Å². The molecule has 0 aliphatic rings. The van der Waals surface area contributed by atoms with Crippen molar-refractivity contribution in [3.8, 4) is 0 Å². The maximum Gasteiger partial charge on any atom is 0.296 e. The molecule has 0 unspecified atom stereocenters. The van der Waals surface area contributed by atoms with E-state index in [4.69, 9.17) is 10.4 Å². The highest BCUT2D eigenvalue weighted by molar-refractivity contribution is 7.86. The van der Waals surface area contributed by atoms with Crippen LogP contribution in [-0.4, -0.2) is 18.9 Å². The predicted octanol–water partition coefficient (Wildman–Crippen LogP) is 0.177. The quantitative estimate of drug-likeness (QED) is 0.342. The minimum atomic E-state index is -4.35. The molecule has 1 rings (SSSR count). The first-order chi connectivity index (χ1) is 7.34. The Morgan fingerprint density at radius 1 is 1.44 bits per heavy atom. The molecule has 0 aromatic heterocycles. The number of nitrogens with one attached hydrogen (secondary N) is 2. The maximum atomic E-state index is 10.9. The lowest BCUT2D eigenvalue weighted by Gasteiger charge is -2.09. The highest BCUT2D eigenvalue weighted by Gasteiger charge is 2.15. The van der Waals surface area contributed by atoms with Gasteiger partial charge in [0.15, 0.2) is 0 Å². The molecule has 7 nitrogen and oxygen atoms in total. The van der Waals surface area contributed by atoms with Gasteiger partial charge in [-0.05, 0) is 18.2 Å². The molecule has 0 heterocycles. The molecule has 88 valence electrons. The van der Waals surface area contributed by atoms with Crippen LogP contribution in [0.15, 0.2) is 23.1 Å². The number of hydrogen-bond donors (Lipinski definition) is 4. The molecule has 0 aliphatic heterocycles. The zero-order chi connectivity index (χ0) is 12.3. The molecular weight excluding hydrogens is 234 g/mol. The largest absolute Gasteiger partial charge is 0.326 e. The number of rotatable bonds is 3. The van der Waals surface area contributed by atoms with E-state index < -0.39 is 10.1 Å². The molecule has 0 atom stereocenters. The van der Waals surface area contributed by atoms with Crippen molar-refractivity contribution < 1.29 is 17.8 Å². The Labute approximate surface area is 92.4 Å². The third-order valence-corrected chi connectivity index (χ3v) is 2.65. The first-order valence-corrected chi connectivity index (χ1v) is 5.64. The van der Waals surface area contributed by atoms with Gasteiger partial charge in [0.2, 0.25) is 5.91 Å². The molecule has 0 saturated carbocycles. The van der Waals surface area contributed by atoms with Crippen LogP contribution in [0, 0.1) is 0 Å². The molecule has 0 bridgehead atoms. The fraction of sp³-hybridized carbons (Fsp3) is 0.125. The number of carbonyl (C=O) groups excluding carboxylic acids is 1. The van der Waals surface area contributed by atoms with Gasteiger partial charge in [0.1, 0.15) is 4.90 Å². The van der Waals surface area contributed by atoms with Gasteiger partial charge in [0.05, 0.1) is 5.69 Å². The molecule has 0 aliphatic carbocycles. The summed E-state index contributed by atoms with van der Waals surface area (Å²) < 4.78 is 30.7. The zero-order valence-corrected chi connectivity index (χ0v) is 9.21. The molecule has 1 aromatic carbocycles. The Kier molecular flexibility index (Phi) is 3.48. The molecular formula is C8H11N3O4S. The van der Waals surface area contributed by atoms with E-state index in [9.17, 15) is 13.2 Å². The van der Waals surface area contributed by atoms with Crippen LogP contribution in [-0.2, 0) is 14.9 Å². The second kappa shape index (κ2) is 4.47. The third-order valence-electron chi connectivity index (χ3n) is 1.73. The summed E-state index contributed by atoms with van der Waals surface area (Å²) >= 11 is 0. The summed E-state index contributed by atoms with van der Waals surface area (Å²) in [4.78, 5) is 10.4. The highest BCUT2D eigenvalue weighted by atomic mass is 32.2. The van der Waals surface area contributed by atoms with Crippen molar-refractivity contribution in [3.05, 3.63) is 18.2 Å². The Hall–Kier alpha value is -1.64. The van der Waals surface area contributed by atoms with Gasteiger partial charge in [-0.15, -0.1) is 0 Å². The number of nitrogens with two attached hydrogens (primary N) is 1. The smallest absolute Gasteiger partial charge is 0.296 e. The van der Waals surface area contributed by atoms with E-state index in [1.165, 1.54) is 19.1 Å². The minimum absolute atomic E-state index is 0.00579. The first-order valence-electron chi connectivity index (χ1n) is 4.20. The summed E-state index contributed by atoms with van der Waals surface area (Å²) in [6.07, 6.45) is 0. The molecule has 1 amide bonds. The second-order valence-corrected chi connectivity index (χ2v) is 4.40. The van der Waals surface area contributed by atoms with Gasteiger partial charge < -0.3 is 10.7 Å². The van der Waals surface area contributed by atoms with E-state index >= 15 is 0 Å². The lowest BCUT2D eigenvalue weighted by Crippen LogP contribution is -2.13. The average molecular weight is 245 g/mol. The number of amides is 1. The van der Waals surface area contributed by atoms with Gasteiger partial charge in [0, 0.05) is 12.6 Å². The SMILES string of the molecule is CC(=O)Nc1ccc(S(=O)(=O)O)c(NN)c1. The van der Waals surface area contributed by atoms with Crippen LogP contribution in [0.2, 0.25) is 0 Å². The van der Waals surface area contributed by atoms with Crippen LogP contribution in [0.25, 0.3) is 0 Å². The summed E-state index contributed by atoms with van der Waals surface area (Å²) in [5.41, 5.74) is 2.49. The molecule has 0 radical (unpaired) electrons. The summed E-state index contributed by atoms with van der Waals surface area (Å²) in [6, 6.07) is 3.77. The van der Waals surface area contributed by atoms with Gasteiger partial charge in [-0.3, -0.25) is 15.2 Å². The molecule has 0 spiro atoms. The topological polar surface area (TPSA) is 122 Å². The minimum Gasteiger partial charge on any atom is -0.326 e. The van der Waals surface area contributed by atoms with Crippen molar-refractivity contribution in [1.82, 2.24) is 0 Å². The Balaban J connectivity index is 3.22. The summed E-state index contributed by atoms with van der Waals surface area (Å²) in [7, 11) is -4.35. The lowest BCUT2D eigenvalue weighted by atomic mass is 10.3. The fourth-order valence-electron chi connectivity index (χ4n) is 1.15. The highest BCUT2D eigenvalue weighted by Crippen LogP contribution is 2.24. The van der Waals surface area contributed by atoms with Gasteiger partial charge >= 0.3 is 0 Å². The maximum absolute atomic E-state index is 10.9. The number of hydrazine groups is 1. The molecule has 0 saturated heterocycles. The van der Waals surface area contributed by atoms with Crippen molar-refractivity contribution >= 4 is 27.4 Å². The standard InChI is InChI=1S/C8H11N3O4S/c1-5(12)10-6-2-3-8(16(13,14)15)7(4-6)11-9/h2-4,11H,9H2,1H3,(H,10,12)(H,13,14,15). The van der Waals surface area contributed by atoms with Crippen molar-refractivity contribution in [1.29, 1.82) is 0 Å². The fourth-order valence-corrected chi connectivity index (χ4v) is 1.78. The molecule has 8 heteroatoms. The van der Waals surface area contributed by atoms with E-state index in [2.05, 4.69) is 10.7 Å². The van der Waals surface area contributed by atoms with E-state index in [-0.39, 0.29) is 16.5 Å². The van der Waals surface area contributed by atoms with Crippen molar-refractivity contribution in [3.63, 3.8) is 0 Å². The molecule has 1 aromatic rings. The summed E-state index contributed by atoms with van der Waals surface area (Å²) in [5.74, 6) is 4.81. The predicted molar refractivity (Wildman–Crippen MR) is 58.4 cm³/mol. The Morgan fingerprint density at radius 3 is 2.50 bits per heavy atom. The van der Waals surface area contributed by atoms with Crippen LogP contribution in [0.4, 0.5) is 11.4 Å². The van der Waals surface area contributed by atoms with E-state index in [0.29, 0.717) is 5.69 Å². The van der Waals surface area contributed by atoms with Crippen LogP contribution in [0.1, 0.15) is 6.92 Å². The summed E-state index contributed by atoms with van der Waals surface area (Å²) in [6.45, 7) is 1.31. The van der Waals surface area contributed by atoms with Gasteiger partial charge in [-0.2, -0.15) is 8.42 Å². The number of anilines is 2. The molecule has 16 heavy (non-hydrogen) atoms. The third kappa shape index (κ3) is 2.92.